The summed E-state index contributed by atoms with van der Waals surface area (Å²) in [6.07, 6.45) is 11.2. The fourth-order valence-electron chi connectivity index (χ4n) is 10.2. The van der Waals surface area contributed by atoms with Gasteiger partial charge in [0, 0.05) is 25.0 Å². The first-order chi connectivity index (χ1) is 21.1. The lowest BCUT2D eigenvalue weighted by atomic mass is 9.56. The van der Waals surface area contributed by atoms with E-state index in [9.17, 15) is 14.4 Å². The van der Waals surface area contributed by atoms with Crippen molar-refractivity contribution >= 4 is 17.8 Å². The van der Waals surface area contributed by atoms with Crippen molar-refractivity contribution in [3.8, 4) is 0 Å². The van der Waals surface area contributed by atoms with Gasteiger partial charge in [-0.05, 0) is 97.9 Å². The number of hydrogen-bond donors (Lipinski definition) is 3. The van der Waals surface area contributed by atoms with Crippen molar-refractivity contribution in [2.75, 3.05) is 33.4 Å². The Morgan fingerprint density at radius 3 is 2.48 bits per heavy atom. The van der Waals surface area contributed by atoms with Gasteiger partial charge in [-0.25, -0.2) is 0 Å². The quantitative estimate of drug-likeness (QED) is 0.133. The van der Waals surface area contributed by atoms with Gasteiger partial charge in [0.15, 0.2) is 0 Å². The molecule has 3 heterocycles. The van der Waals surface area contributed by atoms with Crippen molar-refractivity contribution in [3.05, 3.63) is 11.6 Å². The Kier molecular flexibility index (Phi) is 7.50. The first kappa shape index (κ1) is 30.6. The Morgan fingerprint density at radius 2 is 1.82 bits per heavy atom. The Bertz CT molecular complexity index is 1220. The molecule has 2 spiro atoms. The average Bonchev–Trinajstić information content (AvgIpc) is 3.94. The monoisotopic (exact) mass is 613 g/mol. The van der Waals surface area contributed by atoms with E-state index in [1.807, 2.05) is 0 Å². The molecular weight excluding hydrogens is 562 g/mol. The summed E-state index contributed by atoms with van der Waals surface area (Å²) < 4.78 is 24.0. The molecule has 4 unspecified atom stereocenters. The van der Waals surface area contributed by atoms with Crippen molar-refractivity contribution < 1.29 is 33.3 Å². The van der Waals surface area contributed by atoms with Crippen molar-refractivity contribution in [2.24, 2.45) is 22.2 Å². The number of methoxy groups -OCH3 is 1. The maximum Gasteiger partial charge on any atom is 0.323 e. The van der Waals surface area contributed by atoms with Gasteiger partial charge in [0.1, 0.15) is 11.6 Å². The Balaban J connectivity index is 0.953. The van der Waals surface area contributed by atoms with Crippen LogP contribution in [0.1, 0.15) is 91.4 Å². The van der Waals surface area contributed by atoms with Crippen LogP contribution in [0.4, 0.5) is 0 Å². The molecule has 7 aliphatic rings. The lowest BCUT2D eigenvalue weighted by Gasteiger charge is -2.47. The molecule has 3 saturated heterocycles. The summed E-state index contributed by atoms with van der Waals surface area (Å²) >= 11 is 0. The predicted molar refractivity (Wildman–Crippen MR) is 161 cm³/mol. The highest BCUT2D eigenvalue weighted by Crippen LogP contribution is 2.88. The summed E-state index contributed by atoms with van der Waals surface area (Å²) in [5.41, 5.74) is -0.430. The summed E-state index contributed by atoms with van der Waals surface area (Å²) in [7, 11) is 1.75. The molecule has 244 valence electrons. The Hall–Kier alpha value is -2.01. The van der Waals surface area contributed by atoms with E-state index in [1.54, 1.807) is 7.11 Å². The molecule has 0 aromatic carbocycles. The number of nitrogens with one attached hydrogen (secondary N) is 3. The van der Waals surface area contributed by atoms with Crippen LogP contribution < -0.4 is 16.0 Å². The van der Waals surface area contributed by atoms with Gasteiger partial charge in [0.05, 0.1) is 47.9 Å². The Labute approximate surface area is 261 Å². The van der Waals surface area contributed by atoms with Gasteiger partial charge in [0.2, 0.25) is 11.8 Å². The minimum Gasteiger partial charge on any atom is -0.464 e. The molecule has 4 saturated carbocycles. The third-order valence-corrected chi connectivity index (χ3v) is 12.9. The molecule has 0 radical (unpaired) electrons. The number of rotatable bonds is 12. The van der Waals surface area contributed by atoms with Crippen LogP contribution in [-0.2, 0) is 33.3 Å². The van der Waals surface area contributed by atoms with Crippen LogP contribution in [0.25, 0.3) is 0 Å². The van der Waals surface area contributed by atoms with Crippen LogP contribution in [0.3, 0.4) is 0 Å². The number of ether oxygens (including phenoxy) is 4. The van der Waals surface area contributed by atoms with E-state index in [2.05, 4.69) is 42.8 Å². The summed E-state index contributed by atoms with van der Waals surface area (Å²) in [6.45, 7) is 8.75. The van der Waals surface area contributed by atoms with Gasteiger partial charge in [-0.2, -0.15) is 0 Å². The number of carbonyl (C=O) groups excluding carboxylic acids is 3. The largest absolute Gasteiger partial charge is 0.464 e. The highest BCUT2D eigenvalue weighted by Gasteiger charge is 2.88. The topological polar surface area (TPSA) is 131 Å². The van der Waals surface area contributed by atoms with E-state index >= 15 is 0 Å². The standard InChI is InChI=1S/C34H51N3O7/c1-21(2)8-9-24-30(3,44-24)26-25(41-4)22(10-11-33(26)20-43-33)37-29(40)32-13-12-31(14-15-34(31,32)19-32)28(39)36-17-6-18-42-27(38)23-7-5-16-35-23/h8,22-26,35H,5-7,9-20H2,1-4H3,(H,36,39)(H,37,40)/t22-,23?,24-,25-,26-,30+,31?,32?,33+,34?/m1/s1. The first-order valence-electron chi connectivity index (χ1n) is 17.0. The molecular formula is C34H51N3O7. The zero-order chi connectivity index (χ0) is 31.0. The fraction of sp³-hybridized carbons (Fsp3) is 0.853. The zero-order valence-corrected chi connectivity index (χ0v) is 26.9. The van der Waals surface area contributed by atoms with Crippen molar-refractivity contribution in [3.63, 3.8) is 0 Å². The van der Waals surface area contributed by atoms with Crippen LogP contribution in [0, 0.1) is 22.2 Å². The van der Waals surface area contributed by atoms with Crippen molar-refractivity contribution in [1.29, 1.82) is 0 Å². The van der Waals surface area contributed by atoms with E-state index in [0.717, 1.165) is 77.4 Å². The van der Waals surface area contributed by atoms with Crippen molar-refractivity contribution in [2.45, 2.75) is 127 Å². The van der Waals surface area contributed by atoms with E-state index < -0.39 is 10.8 Å². The number of epoxide rings is 2. The van der Waals surface area contributed by atoms with Crippen LogP contribution in [-0.4, -0.2) is 86.7 Å². The van der Waals surface area contributed by atoms with Gasteiger partial charge in [0.25, 0.3) is 0 Å². The third-order valence-electron chi connectivity index (χ3n) is 12.9. The first-order valence-corrected chi connectivity index (χ1v) is 17.0. The second-order valence-corrected chi connectivity index (χ2v) is 15.3. The molecule has 3 aliphatic heterocycles. The number of allylic oxidation sites excluding steroid dienone is 1. The second-order valence-electron chi connectivity index (χ2n) is 15.3. The van der Waals surface area contributed by atoms with Crippen LogP contribution in [0.2, 0.25) is 0 Å². The molecule has 7 fully saturated rings. The summed E-state index contributed by atoms with van der Waals surface area (Å²) in [5.74, 6) is 0.0187. The number of esters is 1. The predicted octanol–water partition coefficient (Wildman–Crippen LogP) is 2.93. The summed E-state index contributed by atoms with van der Waals surface area (Å²) in [4.78, 5) is 39.8. The van der Waals surface area contributed by atoms with Gasteiger partial charge in [-0.1, -0.05) is 11.6 Å². The van der Waals surface area contributed by atoms with Crippen LogP contribution in [0.15, 0.2) is 11.6 Å². The SMILES string of the molecule is CO[C@@H]1[C@H](NC(=O)C23CCC4(C(=O)NCCCOC(=O)C5CCCN5)CCC42C3)CC[C@]2(CO2)[C@H]1[C@@]1(C)O[C@@H]1CC=C(C)C. The molecule has 10 nitrogen and oxygen atoms in total. The van der Waals surface area contributed by atoms with E-state index in [4.69, 9.17) is 18.9 Å². The molecule has 3 N–H and O–H groups in total. The zero-order valence-electron chi connectivity index (χ0n) is 26.9. The molecule has 7 rings (SSSR count). The maximum atomic E-state index is 14.1. The van der Waals surface area contributed by atoms with E-state index in [1.165, 1.54) is 5.57 Å². The molecule has 0 aromatic heterocycles. The van der Waals surface area contributed by atoms with Crippen LogP contribution in [0.5, 0.6) is 0 Å². The van der Waals surface area contributed by atoms with Crippen molar-refractivity contribution in [1.82, 2.24) is 16.0 Å². The Morgan fingerprint density at radius 1 is 1.05 bits per heavy atom. The number of carbonyl (C=O) groups is 3. The summed E-state index contributed by atoms with van der Waals surface area (Å²) in [5, 5.41) is 9.75. The van der Waals surface area contributed by atoms with E-state index in [0.29, 0.717) is 19.6 Å². The lowest BCUT2D eigenvalue weighted by Crippen LogP contribution is -2.60. The molecule has 44 heavy (non-hydrogen) atoms. The molecule has 0 aromatic rings. The second kappa shape index (κ2) is 10.8. The van der Waals surface area contributed by atoms with Crippen LogP contribution >= 0.6 is 0 Å². The summed E-state index contributed by atoms with van der Waals surface area (Å²) in [6, 6.07) is -0.308. The third kappa shape index (κ3) is 4.52. The van der Waals surface area contributed by atoms with Gasteiger partial charge in [-0.3, -0.25) is 14.4 Å². The molecule has 2 amide bonds. The lowest BCUT2D eigenvalue weighted by molar-refractivity contribution is -0.146. The highest BCUT2D eigenvalue weighted by atomic mass is 16.6. The van der Waals surface area contributed by atoms with Gasteiger partial charge in [-0.15, -0.1) is 0 Å². The molecule has 4 aliphatic carbocycles. The highest BCUT2D eigenvalue weighted by molar-refractivity contribution is 5.95. The smallest absolute Gasteiger partial charge is 0.323 e. The molecule has 0 bridgehead atoms. The molecule has 10 atom stereocenters. The molecule has 10 heteroatoms. The normalized spacial score (nSPS) is 45.9. The number of amides is 2. The minimum atomic E-state index is -0.461. The number of hydrogen-bond acceptors (Lipinski definition) is 8. The van der Waals surface area contributed by atoms with E-state index in [-0.39, 0.29) is 64.6 Å². The maximum absolute atomic E-state index is 14.1. The fourth-order valence-corrected chi connectivity index (χ4v) is 10.2. The van der Waals surface area contributed by atoms with Gasteiger partial charge < -0.3 is 34.9 Å². The minimum absolute atomic E-state index is 0.0473. The average molecular weight is 614 g/mol. The van der Waals surface area contributed by atoms with Gasteiger partial charge >= 0.3 is 5.97 Å².